The highest BCUT2D eigenvalue weighted by molar-refractivity contribution is 6.06. The maximum atomic E-state index is 12.9. The van der Waals surface area contributed by atoms with Gasteiger partial charge in [0.2, 0.25) is 0 Å². The van der Waals surface area contributed by atoms with Gasteiger partial charge in [0.05, 0.1) is 12.2 Å². The van der Waals surface area contributed by atoms with Crippen molar-refractivity contribution in [3.05, 3.63) is 89.4 Å². The van der Waals surface area contributed by atoms with Gasteiger partial charge in [-0.15, -0.1) is 0 Å². The Bertz CT molecular complexity index is 966. The van der Waals surface area contributed by atoms with Crippen LogP contribution in [0.5, 0.6) is 0 Å². The topological polar surface area (TPSA) is 56.5 Å². The van der Waals surface area contributed by atoms with Crippen molar-refractivity contribution in [3.8, 4) is 11.3 Å². The summed E-state index contributed by atoms with van der Waals surface area (Å²) < 4.78 is 23.6. The first kappa shape index (κ1) is 18.3. The molecule has 0 bridgehead atoms. The highest BCUT2D eigenvalue weighted by Crippen LogP contribution is 2.23. The average molecular weight is 364 g/mol. The molecule has 5 heteroatoms. The van der Waals surface area contributed by atoms with Crippen LogP contribution in [-0.4, -0.2) is 18.4 Å². The third kappa shape index (κ3) is 4.58. The van der Waals surface area contributed by atoms with Crippen molar-refractivity contribution in [1.29, 1.82) is 0 Å². The number of benzene rings is 2. The fourth-order valence-corrected chi connectivity index (χ4v) is 2.45. The molecule has 136 valence electrons. The van der Waals surface area contributed by atoms with Gasteiger partial charge < -0.3 is 9.15 Å². The van der Waals surface area contributed by atoms with Crippen LogP contribution in [0, 0.1) is 5.82 Å². The molecular formula is C22H17FO4. The van der Waals surface area contributed by atoms with Gasteiger partial charge in [-0.25, -0.2) is 9.18 Å². The van der Waals surface area contributed by atoms with Gasteiger partial charge in [-0.05, 0) is 67.6 Å². The smallest absolute Gasteiger partial charge is 0.338 e. The van der Waals surface area contributed by atoms with Crippen LogP contribution in [0.15, 0.2) is 71.2 Å². The lowest BCUT2D eigenvalue weighted by atomic mass is 10.1. The first-order valence-electron chi connectivity index (χ1n) is 8.42. The molecule has 4 nitrogen and oxygen atoms in total. The lowest BCUT2D eigenvalue weighted by Crippen LogP contribution is -2.03. The van der Waals surface area contributed by atoms with Gasteiger partial charge in [-0.2, -0.15) is 0 Å². The van der Waals surface area contributed by atoms with Crippen molar-refractivity contribution in [2.24, 2.45) is 0 Å². The third-order valence-electron chi connectivity index (χ3n) is 3.84. The van der Waals surface area contributed by atoms with Crippen molar-refractivity contribution in [2.75, 3.05) is 6.61 Å². The first-order valence-corrected chi connectivity index (χ1v) is 8.42. The Morgan fingerprint density at radius 1 is 0.963 bits per heavy atom. The zero-order valence-corrected chi connectivity index (χ0v) is 14.6. The molecule has 2 aromatic carbocycles. The average Bonchev–Trinajstić information content (AvgIpc) is 3.16. The Balaban J connectivity index is 1.70. The van der Waals surface area contributed by atoms with Crippen LogP contribution in [0.25, 0.3) is 17.4 Å². The van der Waals surface area contributed by atoms with E-state index in [0.717, 1.165) is 5.56 Å². The van der Waals surface area contributed by atoms with E-state index in [-0.39, 0.29) is 17.6 Å². The summed E-state index contributed by atoms with van der Waals surface area (Å²) in [5.74, 6) is 0.118. The molecule has 27 heavy (non-hydrogen) atoms. The maximum absolute atomic E-state index is 12.9. The number of esters is 1. The Kier molecular flexibility index (Phi) is 5.61. The second-order valence-electron chi connectivity index (χ2n) is 5.70. The Hall–Kier alpha value is -3.47. The highest BCUT2D eigenvalue weighted by Gasteiger charge is 2.08. The molecule has 0 saturated carbocycles. The molecule has 0 aliphatic rings. The van der Waals surface area contributed by atoms with Gasteiger partial charge in [-0.3, -0.25) is 4.79 Å². The van der Waals surface area contributed by atoms with E-state index in [9.17, 15) is 14.0 Å². The summed E-state index contributed by atoms with van der Waals surface area (Å²) in [6, 6.07) is 15.7. The molecule has 0 amide bonds. The van der Waals surface area contributed by atoms with E-state index in [0.29, 0.717) is 29.3 Å². The van der Waals surface area contributed by atoms with Crippen LogP contribution in [0.4, 0.5) is 4.39 Å². The van der Waals surface area contributed by atoms with Gasteiger partial charge >= 0.3 is 5.97 Å². The summed E-state index contributed by atoms with van der Waals surface area (Å²) in [5, 5.41) is 0. The number of carbonyl (C=O) groups is 2. The van der Waals surface area contributed by atoms with E-state index >= 15 is 0 Å². The van der Waals surface area contributed by atoms with E-state index in [4.69, 9.17) is 9.15 Å². The number of rotatable bonds is 6. The summed E-state index contributed by atoms with van der Waals surface area (Å²) in [5.41, 5.74) is 1.67. The Morgan fingerprint density at radius 2 is 1.63 bits per heavy atom. The maximum Gasteiger partial charge on any atom is 0.338 e. The van der Waals surface area contributed by atoms with Crippen LogP contribution in [0.3, 0.4) is 0 Å². The first-order chi connectivity index (χ1) is 13.1. The molecule has 0 aliphatic carbocycles. The molecule has 0 atom stereocenters. The van der Waals surface area contributed by atoms with Gasteiger partial charge in [-0.1, -0.05) is 12.1 Å². The second-order valence-corrected chi connectivity index (χ2v) is 5.70. The molecule has 3 aromatic rings. The van der Waals surface area contributed by atoms with Gasteiger partial charge in [0.1, 0.15) is 17.3 Å². The largest absolute Gasteiger partial charge is 0.462 e. The van der Waals surface area contributed by atoms with Crippen molar-refractivity contribution in [2.45, 2.75) is 6.92 Å². The van der Waals surface area contributed by atoms with Crippen molar-refractivity contribution >= 4 is 17.8 Å². The summed E-state index contributed by atoms with van der Waals surface area (Å²) in [6.45, 7) is 2.08. The Labute approximate surface area is 155 Å². The molecule has 0 spiro atoms. The number of allylic oxidation sites excluding steroid dienone is 1. The minimum absolute atomic E-state index is 0.244. The van der Waals surface area contributed by atoms with Crippen LogP contribution in [0.2, 0.25) is 0 Å². The molecule has 1 heterocycles. The molecule has 0 unspecified atom stereocenters. The lowest BCUT2D eigenvalue weighted by Gasteiger charge is -2.02. The molecule has 0 N–H and O–H groups in total. The fourth-order valence-electron chi connectivity index (χ4n) is 2.45. The van der Waals surface area contributed by atoms with Crippen LogP contribution in [-0.2, 0) is 4.74 Å². The quantitative estimate of drug-likeness (QED) is 0.344. The zero-order valence-electron chi connectivity index (χ0n) is 14.6. The predicted octanol–water partition coefficient (Wildman–Crippen LogP) is 5.16. The minimum atomic E-state index is -0.389. The van der Waals surface area contributed by atoms with Crippen molar-refractivity contribution in [1.82, 2.24) is 0 Å². The normalized spacial score (nSPS) is 10.9. The summed E-state index contributed by atoms with van der Waals surface area (Å²) in [6.07, 6.45) is 2.93. The number of halogens is 1. The number of hydrogen-bond donors (Lipinski definition) is 0. The molecule has 0 fully saturated rings. The minimum Gasteiger partial charge on any atom is -0.462 e. The number of ether oxygens (including phenoxy) is 1. The molecule has 0 radical (unpaired) electrons. The van der Waals surface area contributed by atoms with Gasteiger partial charge in [0, 0.05) is 11.1 Å². The van der Waals surface area contributed by atoms with E-state index in [1.165, 1.54) is 30.3 Å². The standard InChI is InChI=1S/C22H17FO4/c1-2-26-22(25)17-5-3-16(4-6-17)21-14-12-19(27-21)11-13-20(24)15-7-9-18(23)10-8-15/h3-14H,2H2,1H3. The lowest BCUT2D eigenvalue weighted by molar-refractivity contribution is 0.0526. The van der Waals surface area contributed by atoms with Gasteiger partial charge in [0.15, 0.2) is 5.78 Å². The zero-order chi connectivity index (χ0) is 19.2. The monoisotopic (exact) mass is 364 g/mol. The number of carbonyl (C=O) groups excluding carboxylic acids is 2. The van der Waals surface area contributed by atoms with E-state index < -0.39 is 0 Å². The predicted molar refractivity (Wildman–Crippen MR) is 99.9 cm³/mol. The second kappa shape index (κ2) is 8.27. The molecule has 0 saturated heterocycles. The number of hydrogen-bond acceptors (Lipinski definition) is 4. The molecule has 3 rings (SSSR count). The van der Waals surface area contributed by atoms with E-state index in [1.54, 1.807) is 49.4 Å². The van der Waals surface area contributed by atoms with Crippen LogP contribution >= 0.6 is 0 Å². The SMILES string of the molecule is CCOC(=O)c1ccc(-c2ccc(C=CC(=O)c3ccc(F)cc3)o2)cc1. The highest BCUT2D eigenvalue weighted by atomic mass is 19.1. The number of ketones is 1. The molecule has 1 aromatic heterocycles. The molecular weight excluding hydrogens is 347 g/mol. The Morgan fingerprint density at radius 3 is 2.30 bits per heavy atom. The van der Waals surface area contributed by atoms with Crippen molar-refractivity contribution < 1.29 is 23.1 Å². The van der Waals surface area contributed by atoms with Crippen LogP contribution < -0.4 is 0 Å². The summed E-state index contributed by atoms with van der Waals surface area (Å²) in [4.78, 5) is 23.7. The third-order valence-corrected chi connectivity index (χ3v) is 3.84. The molecule has 0 aliphatic heterocycles. The van der Waals surface area contributed by atoms with Crippen molar-refractivity contribution in [3.63, 3.8) is 0 Å². The van der Waals surface area contributed by atoms with E-state index in [2.05, 4.69) is 0 Å². The van der Waals surface area contributed by atoms with Gasteiger partial charge in [0.25, 0.3) is 0 Å². The summed E-state index contributed by atoms with van der Waals surface area (Å²) in [7, 11) is 0. The summed E-state index contributed by atoms with van der Waals surface area (Å²) >= 11 is 0. The number of furan rings is 1. The van der Waals surface area contributed by atoms with E-state index in [1.807, 2.05) is 0 Å². The van der Waals surface area contributed by atoms with Crippen LogP contribution in [0.1, 0.15) is 33.4 Å². The fraction of sp³-hybridized carbons (Fsp3) is 0.0909.